The molecule has 1 aromatic carbocycles. The van der Waals surface area contributed by atoms with Crippen molar-refractivity contribution in [1.29, 1.82) is 0 Å². The van der Waals surface area contributed by atoms with E-state index in [1.54, 1.807) is 0 Å². The molecule has 2 aromatic rings. The fourth-order valence-electron chi connectivity index (χ4n) is 4.30. The minimum atomic E-state index is -0.655. The van der Waals surface area contributed by atoms with Crippen LogP contribution in [0, 0.1) is 0 Å². The number of likely N-dealkylation sites (tertiary alicyclic amines) is 1. The fraction of sp³-hybridized carbons (Fsp3) is 0.350. The minimum absolute atomic E-state index is 0.00626. The number of fused-ring (bicyclic) bond motifs is 2. The van der Waals surface area contributed by atoms with E-state index < -0.39 is 5.41 Å². The molecule has 28 heavy (non-hydrogen) atoms. The zero-order chi connectivity index (χ0) is 20.1. The van der Waals surface area contributed by atoms with E-state index in [4.69, 9.17) is 9.90 Å². The Bertz CT molecular complexity index is 874. The molecule has 1 fully saturated rings. The Morgan fingerprint density at radius 3 is 2.71 bits per heavy atom. The molecule has 2 aliphatic rings. The van der Waals surface area contributed by atoms with Crippen molar-refractivity contribution < 1.29 is 19.5 Å². The summed E-state index contributed by atoms with van der Waals surface area (Å²) in [5, 5.41) is 9.91. The second-order valence-corrected chi connectivity index (χ2v) is 6.76. The molecular formula is C20H22N4O4. The van der Waals surface area contributed by atoms with Gasteiger partial charge in [0.25, 0.3) is 12.4 Å². The number of para-hydroxylation sites is 1. The predicted octanol–water partition coefficient (Wildman–Crippen LogP) is 2.08. The number of nitrogens with one attached hydrogen (secondary N) is 1. The van der Waals surface area contributed by atoms with E-state index in [1.807, 2.05) is 29.2 Å². The number of aromatic nitrogens is 2. The van der Waals surface area contributed by atoms with E-state index in [-0.39, 0.29) is 24.3 Å². The topological polar surface area (TPSA) is 112 Å². The molecule has 8 nitrogen and oxygen atoms in total. The normalized spacial score (nSPS) is 22.2. The highest BCUT2D eigenvalue weighted by atomic mass is 16.3. The second kappa shape index (κ2) is 8.16. The first-order valence-electron chi connectivity index (χ1n) is 9.15. The van der Waals surface area contributed by atoms with Crippen LogP contribution in [-0.2, 0) is 15.0 Å². The number of benzene rings is 1. The Morgan fingerprint density at radius 2 is 2.04 bits per heavy atom. The lowest BCUT2D eigenvalue weighted by Gasteiger charge is -2.33. The van der Waals surface area contributed by atoms with Gasteiger partial charge in [0.1, 0.15) is 6.33 Å². The van der Waals surface area contributed by atoms with Crippen LogP contribution < -0.4 is 5.32 Å². The van der Waals surface area contributed by atoms with E-state index in [0.29, 0.717) is 18.5 Å². The summed E-state index contributed by atoms with van der Waals surface area (Å²) in [6, 6.07) is 7.66. The van der Waals surface area contributed by atoms with E-state index in [1.165, 1.54) is 18.7 Å². The molecule has 0 saturated carbocycles. The van der Waals surface area contributed by atoms with Crippen LogP contribution in [0.2, 0.25) is 0 Å². The lowest BCUT2D eigenvalue weighted by Crippen LogP contribution is -2.48. The van der Waals surface area contributed by atoms with Gasteiger partial charge in [0.05, 0.1) is 17.0 Å². The molecule has 146 valence electrons. The lowest BCUT2D eigenvalue weighted by atomic mass is 9.73. The highest BCUT2D eigenvalue weighted by molar-refractivity contribution is 6.08. The number of rotatable bonds is 3. The van der Waals surface area contributed by atoms with Gasteiger partial charge in [-0.15, -0.1) is 0 Å². The molecular weight excluding hydrogens is 360 g/mol. The van der Waals surface area contributed by atoms with Crippen LogP contribution in [0.3, 0.4) is 0 Å². The van der Waals surface area contributed by atoms with Crippen molar-refractivity contribution in [2.24, 2.45) is 0 Å². The number of carbonyl (C=O) groups excluding carboxylic acids is 2. The number of carbonyl (C=O) groups is 3. The third-order valence-electron chi connectivity index (χ3n) is 5.38. The van der Waals surface area contributed by atoms with Crippen LogP contribution in [0.5, 0.6) is 0 Å². The predicted molar refractivity (Wildman–Crippen MR) is 102 cm³/mol. The van der Waals surface area contributed by atoms with Crippen LogP contribution in [0.25, 0.3) is 0 Å². The molecule has 2 atom stereocenters. The Hall–Kier alpha value is -3.29. The molecule has 0 radical (unpaired) electrons. The van der Waals surface area contributed by atoms with Crippen molar-refractivity contribution in [1.82, 2.24) is 14.9 Å². The van der Waals surface area contributed by atoms with Crippen LogP contribution in [-0.4, -0.2) is 50.8 Å². The van der Waals surface area contributed by atoms with Gasteiger partial charge >= 0.3 is 0 Å². The van der Waals surface area contributed by atoms with Crippen LogP contribution in [0.4, 0.5) is 5.69 Å². The second-order valence-electron chi connectivity index (χ2n) is 6.76. The summed E-state index contributed by atoms with van der Waals surface area (Å²) < 4.78 is 0. The summed E-state index contributed by atoms with van der Waals surface area (Å²) in [7, 11) is 0. The first-order chi connectivity index (χ1) is 13.6. The molecule has 2 amide bonds. The molecule has 2 aliphatic heterocycles. The summed E-state index contributed by atoms with van der Waals surface area (Å²) in [6.45, 7) is 2.39. The summed E-state index contributed by atoms with van der Waals surface area (Å²) in [6.07, 6.45) is 6.79. The van der Waals surface area contributed by atoms with E-state index in [0.717, 1.165) is 24.1 Å². The highest BCUT2D eigenvalue weighted by Crippen LogP contribution is 2.49. The Kier molecular flexibility index (Phi) is 5.67. The van der Waals surface area contributed by atoms with Crippen molar-refractivity contribution in [2.45, 2.75) is 37.6 Å². The van der Waals surface area contributed by atoms with Crippen molar-refractivity contribution in [3.8, 4) is 0 Å². The third kappa shape index (κ3) is 3.11. The van der Waals surface area contributed by atoms with Gasteiger partial charge in [-0.3, -0.25) is 14.4 Å². The van der Waals surface area contributed by atoms with Crippen molar-refractivity contribution in [3.05, 3.63) is 54.1 Å². The van der Waals surface area contributed by atoms with Crippen molar-refractivity contribution in [3.63, 3.8) is 0 Å². The Balaban J connectivity index is 0.000000706. The average molecular weight is 382 g/mol. The van der Waals surface area contributed by atoms with Gasteiger partial charge < -0.3 is 15.3 Å². The van der Waals surface area contributed by atoms with Crippen molar-refractivity contribution in [2.75, 3.05) is 11.9 Å². The molecule has 8 heteroatoms. The number of hydrogen-bond acceptors (Lipinski definition) is 5. The van der Waals surface area contributed by atoms with E-state index >= 15 is 0 Å². The standard InChI is InChI=1S/C19H20N4O2.CH2O2/c1-2-5-16-19(14-6-3-4-7-15(14)22-18(19)25)8-9-23(16)17(24)13-10-20-12-21-11-13;2-1-3/h3-4,6-7,10-12,16H,2,5,8-9H2,1H3,(H,22,25);1H,(H,2,3)/t16-,19+;/m0./s1. The molecule has 0 unspecified atom stereocenters. The minimum Gasteiger partial charge on any atom is -0.483 e. The summed E-state index contributed by atoms with van der Waals surface area (Å²) in [5.41, 5.74) is 1.69. The molecule has 2 N–H and O–H groups in total. The SMILES string of the molecule is CCC[C@@H]1N(C(=O)c2cncnc2)CC[C@]12C(=O)Nc1ccccc12.O=CO. The maximum absolute atomic E-state index is 13.0. The lowest BCUT2D eigenvalue weighted by molar-refractivity contribution is -0.123. The molecule has 1 spiro atoms. The number of hydrogen-bond donors (Lipinski definition) is 2. The maximum Gasteiger partial charge on any atom is 0.290 e. The van der Waals surface area contributed by atoms with Crippen molar-refractivity contribution >= 4 is 24.0 Å². The van der Waals surface area contributed by atoms with Crippen LogP contribution >= 0.6 is 0 Å². The quantitative estimate of drug-likeness (QED) is 0.786. The first-order valence-corrected chi connectivity index (χ1v) is 9.15. The Labute approximate surface area is 162 Å². The van der Waals surface area contributed by atoms with Gasteiger partial charge in [0, 0.05) is 24.6 Å². The van der Waals surface area contributed by atoms with Gasteiger partial charge in [-0.05, 0) is 24.5 Å². The molecule has 1 aromatic heterocycles. The van der Waals surface area contributed by atoms with E-state index in [2.05, 4.69) is 22.2 Å². The molecule has 1 saturated heterocycles. The van der Waals surface area contributed by atoms with Crippen LogP contribution in [0.1, 0.15) is 42.1 Å². The number of nitrogens with zero attached hydrogens (tertiary/aromatic N) is 3. The van der Waals surface area contributed by atoms with Crippen LogP contribution in [0.15, 0.2) is 43.0 Å². The first kappa shape index (κ1) is 19.5. The largest absolute Gasteiger partial charge is 0.483 e. The molecule has 4 rings (SSSR count). The highest BCUT2D eigenvalue weighted by Gasteiger charge is 2.58. The van der Waals surface area contributed by atoms with Gasteiger partial charge in [0.2, 0.25) is 5.91 Å². The maximum atomic E-state index is 13.0. The van der Waals surface area contributed by atoms with Gasteiger partial charge in [-0.2, -0.15) is 0 Å². The number of anilines is 1. The fourth-order valence-corrected chi connectivity index (χ4v) is 4.30. The average Bonchev–Trinajstić information content (AvgIpc) is 3.23. The monoisotopic (exact) mass is 382 g/mol. The number of amides is 2. The van der Waals surface area contributed by atoms with Gasteiger partial charge in [-0.25, -0.2) is 9.97 Å². The Morgan fingerprint density at radius 1 is 1.36 bits per heavy atom. The zero-order valence-corrected chi connectivity index (χ0v) is 15.5. The zero-order valence-electron chi connectivity index (χ0n) is 15.5. The molecule has 0 aliphatic carbocycles. The van der Waals surface area contributed by atoms with Gasteiger partial charge in [-0.1, -0.05) is 31.5 Å². The van der Waals surface area contributed by atoms with E-state index in [9.17, 15) is 9.59 Å². The summed E-state index contributed by atoms with van der Waals surface area (Å²) >= 11 is 0. The molecule has 0 bridgehead atoms. The third-order valence-corrected chi connectivity index (χ3v) is 5.38. The summed E-state index contributed by atoms with van der Waals surface area (Å²) in [4.78, 5) is 44.1. The molecule has 3 heterocycles. The number of carboxylic acid groups (broad SMARTS) is 1. The smallest absolute Gasteiger partial charge is 0.290 e. The summed E-state index contributed by atoms with van der Waals surface area (Å²) in [5.74, 6) is -0.0973. The van der Waals surface area contributed by atoms with Gasteiger partial charge in [0.15, 0.2) is 0 Å².